The van der Waals surface area contributed by atoms with Gasteiger partial charge in [-0.25, -0.2) is 4.99 Å². The molecule has 0 aromatic heterocycles. The van der Waals surface area contributed by atoms with E-state index in [1.165, 1.54) is 0 Å². The summed E-state index contributed by atoms with van der Waals surface area (Å²) < 4.78 is 0.162. The maximum atomic E-state index is 9.44. The van der Waals surface area contributed by atoms with Gasteiger partial charge in [-0.3, -0.25) is 0 Å². The first kappa shape index (κ1) is 14.5. The van der Waals surface area contributed by atoms with Crippen LogP contribution in [0, 0.1) is 0 Å². The summed E-state index contributed by atoms with van der Waals surface area (Å²) in [6, 6.07) is 0. The average Bonchev–Trinajstić information content (AvgIpc) is 2.34. The van der Waals surface area contributed by atoms with Crippen LogP contribution in [0.5, 0.6) is 0 Å². The maximum absolute atomic E-state index is 9.44. The van der Waals surface area contributed by atoms with Gasteiger partial charge in [0, 0.05) is 16.7 Å². The minimum Gasteiger partial charge on any atom is -0.394 e. The minimum absolute atomic E-state index is 0.162. The molecule has 0 saturated carbocycles. The van der Waals surface area contributed by atoms with E-state index in [1.807, 2.05) is 0 Å². The van der Waals surface area contributed by atoms with Crippen molar-refractivity contribution < 1.29 is 10.2 Å². The van der Waals surface area contributed by atoms with Gasteiger partial charge in [-0.1, -0.05) is 32.5 Å². The Balaban J connectivity index is 2.61. The van der Waals surface area contributed by atoms with Gasteiger partial charge in [0.1, 0.15) is 10.9 Å². The number of hydrogen-bond acceptors (Lipinski definition) is 5. The highest BCUT2D eigenvalue weighted by Gasteiger charge is 2.30. The quantitative estimate of drug-likeness (QED) is 0.676. The van der Waals surface area contributed by atoms with Crippen molar-refractivity contribution in [2.45, 2.75) is 50.9 Å². The Bertz CT molecular complexity index is 335. The van der Waals surface area contributed by atoms with Crippen LogP contribution in [0.1, 0.15) is 40.0 Å². The summed E-state index contributed by atoms with van der Waals surface area (Å²) in [5.41, 5.74) is 6.60. The molecule has 4 N–H and O–H groups in total. The molecule has 1 rings (SSSR count). The van der Waals surface area contributed by atoms with E-state index in [1.54, 1.807) is 11.8 Å². The first-order chi connectivity index (χ1) is 7.95. The molecule has 98 valence electrons. The van der Waals surface area contributed by atoms with E-state index in [0.717, 1.165) is 23.5 Å². The van der Waals surface area contributed by atoms with E-state index in [0.29, 0.717) is 12.2 Å². The lowest BCUT2D eigenvalue weighted by molar-refractivity contribution is 0.0961. The Hall–Kier alpha value is -0.520. The molecule has 0 aromatic rings. The van der Waals surface area contributed by atoms with Crippen molar-refractivity contribution in [3.8, 4) is 0 Å². The summed E-state index contributed by atoms with van der Waals surface area (Å²) >= 11 is 1.72. The largest absolute Gasteiger partial charge is 0.394 e. The zero-order valence-electron chi connectivity index (χ0n) is 10.7. The van der Waals surface area contributed by atoms with Crippen LogP contribution in [0.15, 0.2) is 16.4 Å². The fourth-order valence-corrected chi connectivity index (χ4v) is 2.72. The summed E-state index contributed by atoms with van der Waals surface area (Å²) in [5, 5.41) is 19.2. The lowest BCUT2D eigenvalue weighted by Gasteiger charge is -2.30. The molecule has 4 nitrogen and oxygen atoms in total. The molecule has 0 aliphatic carbocycles. The fourth-order valence-electron chi connectivity index (χ4n) is 1.51. The van der Waals surface area contributed by atoms with Gasteiger partial charge in [0.05, 0.1) is 12.7 Å². The lowest BCUT2D eigenvalue weighted by atomic mass is 10.1. The van der Waals surface area contributed by atoms with Crippen molar-refractivity contribution in [1.29, 1.82) is 0 Å². The molecule has 5 heteroatoms. The molecule has 1 aliphatic heterocycles. The van der Waals surface area contributed by atoms with Crippen LogP contribution in [0.25, 0.3) is 0 Å². The molecular formula is C12H22N2O2S. The van der Waals surface area contributed by atoms with Crippen LogP contribution in [-0.2, 0) is 0 Å². The molecule has 1 atom stereocenters. The summed E-state index contributed by atoms with van der Waals surface area (Å²) in [6.45, 7) is 6.28. The lowest BCUT2D eigenvalue weighted by Crippen LogP contribution is -2.28. The number of rotatable bonds is 6. The SMILES string of the molecule is CCC(C)(CC)SC1=NC(N)=C1CC(O)CO. The number of hydrogen-bond donors (Lipinski definition) is 3. The van der Waals surface area contributed by atoms with Gasteiger partial charge < -0.3 is 15.9 Å². The third kappa shape index (κ3) is 3.47. The van der Waals surface area contributed by atoms with Crippen molar-refractivity contribution in [1.82, 2.24) is 0 Å². The third-order valence-electron chi connectivity index (χ3n) is 3.28. The summed E-state index contributed by atoms with van der Waals surface area (Å²) in [4.78, 5) is 4.22. The van der Waals surface area contributed by atoms with Crippen molar-refractivity contribution in [2.75, 3.05) is 6.61 Å². The second kappa shape index (κ2) is 5.89. The topological polar surface area (TPSA) is 78.8 Å². The van der Waals surface area contributed by atoms with E-state index >= 15 is 0 Å². The highest BCUT2D eigenvalue weighted by atomic mass is 32.2. The summed E-state index contributed by atoms with van der Waals surface area (Å²) in [7, 11) is 0. The van der Waals surface area contributed by atoms with Crippen molar-refractivity contribution in [3.05, 3.63) is 11.4 Å². The van der Waals surface area contributed by atoms with Crippen LogP contribution in [-0.4, -0.2) is 32.7 Å². The molecule has 0 fully saturated rings. The Morgan fingerprint density at radius 3 is 2.41 bits per heavy atom. The van der Waals surface area contributed by atoms with Crippen LogP contribution < -0.4 is 5.73 Å². The van der Waals surface area contributed by atoms with Crippen LogP contribution in [0.3, 0.4) is 0 Å². The van der Waals surface area contributed by atoms with Gasteiger partial charge in [-0.15, -0.1) is 0 Å². The van der Waals surface area contributed by atoms with Gasteiger partial charge in [0.15, 0.2) is 0 Å². The van der Waals surface area contributed by atoms with Crippen LogP contribution in [0.4, 0.5) is 0 Å². The van der Waals surface area contributed by atoms with E-state index in [4.69, 9.17) is 10.8 Å². The second-order valence-corrected chi connectivity index (χ2v) is 6.16. The molecule has 1 aliphatic rings. The van der Waals surface area contributed by atoms with E-state index in [9.17, 15) is 5.11 Å². The van der Waals surface area contributed by atoms with Crippen LogP contribution >= 0.6 is 11.8 Å². The molecule has 17 heavy (non-hydrogen) atoms. The number of aliphatic hydroxyl groups excluding tert-OH is 2. The van der Waals surface area contributed by atoms with E-state index in [2.05, 4.69) is 25.8 Å². The van der Waals surface area contributed by atoms with Gasteiger partial charge in [-0.2, -0.15) is 0 Å². The van der Waals surface area contributed by atoms with Gasteiger partial charge in [0.2, 0.25) is 0 Å². The number of aliphatic hydroxyl groups is 2. The minimum atomic E-state index is -0.746. The van der Waals surface area contributed by atoms with Crippen molar-refractivity contribution in [3.63, 3.8) is 0 Å². The molecule has 1 heterocycles. The second-order valence-electron chi connectivity index (χ2n) is 4.58. The number of aliphatic imine (C=N–C) groups is 1. The summed E-state index contributed by atoms with van der Waals surface area (Å²) in [6.07, 6.45) is 1.76. The number of nitrogens with two attached hydrogens (primary N) is 1. The zero-order valence-corrected chi connectivity index (χ0v) is 11.5. The van der Waals surface area contributed by atoms with Gasteiger partial charge in [-0.05, 0) is 12.8 Å². The molecule has 0 radical (unpaired) electrons. The summed E-state index contributed by atoms with van der Waals surface area (Å²) in [5.74, 6) is 0.495. The van der Waals surface area contributed by atoms with Crippen LogP contribution in [0.2, 0.25) is 0 Å². The molecule has 0 saturated heterocycles. The van der Waals surface area contributed by atoms with Crippen molar-refractivity contribution >= 4 is 16.8 Å². The Labute approximate surface area is 107 Å². The van der Waals surface area contributed by atoms with E-state index in [-0.39, 0.29) is 11.4 Å². The third-order valence-corrected chi connectivity index (χ3v) is 4.88. The molecule has 0 amide bonds. The molecule has 0 spiro atoms. The van der Waals surface area contributed by atoms with E-state index < -0.39 is 6.10 Å². The number of nitrogens with zero attached hydrogens (tertiary/aromatic N) is 1. The fraction of sp³-hybridized carbons (Fsp3) is 0.750. The highest BCUT2D eigenvalue weighted by Crippen LogP contribution is 2.39. The Morgan fingerprint density at radius 1 is 1.41 bits per heavy atom. The Morgan fingerprint density at radius 2 is 2.00 bits per heavy atom. The zero-order chi connectivity index (χ0) is 13.1. The molecule has 0 aromatic carbocycles. The maximum Gasteiger partial charge on any atom is 0.130 e. The molecular weight excluding hydrogens is 236 g/mol. The van der Waals surface area contributed by atoms with Gasteiger partial charge in [0.25, 0.3) is 0 Å². The highest BCUT2D eigenvalue weighted by molar-refractivity contribution is 8.15. The number of thioether (sulfide) groups is 1. The monoisotopic (exact) mass is 258 g/mol. The predicted molar refractivity (Wildman–Crippen MR) is 72.9 cm³/mol. The normalized spacial score (nSPS) is 17.8. The van der Waals surface area contributed by atoms with Crippen molar-refractivity contribution in [2.24, 2.45) is 10.7 Å². The Kier molecular flexibility index (Phi) is 5.04. The standard InChI is InChI=1S/C12H22N2O2S/c1-4-12(3,5-2)17-11-9(10(13)14-11)6-8(16)7-15/h8,15-16H,4-7H2,1-3H3,(H2,13,14). The van der Waals surface area contributed by atoms with Gasteiger partial charge >= 0.3 is 0 Å². The molecule has 1 unspecified atom stereocenters. The molecule has 0 bridgehead atoms. The predicted octanol–water partition coefficient (Wildman–Crippen LogP) is 1.62. The smallest absolute Gasteiger partial charge is 0.130 e. The first-order valence-corrected chi connectivity index (χ1v) is 6.83. The average molecular weight is 258 g/mol. The first-order valence-electron chi connectivity index (χ1n) is 6.01.